The van der Waals surface area contributed by atoms with Crippen molar-refractivity contribution in [2.45, 2.75) is 32.7 Å². The van der Waals surface area contributed by atoms with Gasteiger partial charge in [-0.25, -0.2) is 0 Å². The van der Waals surface area contributed by atoms with Gasteiger partial charge in [0.15, 0.2) is 17.5 Å². The minimum atomic E-state index is 0. The van der Waals surface area contributed by atoms with Crippen molar-refractivity contribution < 1.29 is 9.47 Å². The van der Waals surface area contributed by atoms with Crippen LogP contribution >= 0.6 is 24.0 Å². The van der Waals surface area contributed by atoms with Gasteiger partial charge >= 0.3 is 0 Å². The number of guanidine groups is 1. The highest BCUT2D eigenvalue weighted by molar-refractivity contribution is 14.0. The van der Waals surface area contributed by atoms with E-state index in [4.69, 9.17) is 9.47 Å². The van der Waals surface area contributed by atoms with Crippen LogP contribution in [0.25, 0.3) is 0 Å². The smallest absolute Gasteiger partial charge is 0.191 e. The molecule has 0 aromatic heterocycles. The van der Waals surface area contributed by atoms with E-state index in [1.54, 1.807) is 21.3 Å². The van der Waals surface area contributed by atoms with E-state index in [1.807, 2.05) is 18.2 Å². The summed E-state index contributed by atoms with van der Waals surface area (Å²) in [6.07, 6.45) is 3.60. The van der Waals surface area contributed by atoms with Crippen LogP contribution in [0.5, 0.6) is 11.5 Å². The Kier molecular flexibility index (Phi) is 11.7. The maximum atomic E-state index is 5.42. The molecule has 0 unspecified atom stereocenters. The molecule has 2 N–H and O–H groups in total. The van der Waals surface area contributed by atoms with Gasteiger partial charge in [0.2, 0.25) is 0 Å². The largest absolute Gasteiger partial charge is 0.493 e. The molecule has 0 saturated heterocycles. The Labute approximate surface area is 150 Å². The fourth-order valence-corrected chi connectivity index (χ4v) is 2.07. The number of rotatable bonds is 8. The molecule has 126 valence electrons. The molecule has 6 heteroatoms. The van der Waals surface area contributed by atoms with E-state index in [9.17, 15) is 0 Å². The maximum Gasteiger partial charge on any atom is 0.191 e. The maximum absolute atomic E-state index is 5.42. The van der Waals surface area contributed by atoms with Crippen molar-refractivity contribution in [3.05, 3.63) is 23.8 Å². The van der Waals surface area contributed by atoms with Crippen molar-refractivity contribution in [1.29, 1.82) is 0 Å². The SMILES string of the molecule is CCCCCNC(=NC)NCc1cccc(OC)c1OC.I. The predicted octanol–water partition coefficient (Wildman–Crippen LogP) is 3.18. The number of nitrogens with zero attached hydrogens (tertiary/aromatic N) is 1. The molecule has 0 saturated carbocycles. The first-order valence-electron chi connectivity index (χ1n) is 7.41. The third-order valence-electron chi connectivity index (χ3n) is 3.23. The fraction of sp³-hybridized carbons (Fsp3) is 0.562. The average molecular weight is 421 g/mol. The van der Waals surface area contributed by atoms with Gasteiger partial charge in [-0.15, -0.1) is 24.0 Å². The summed E-state index contributed by atoms with van der Waals surface area (Å²) in [6, 6.07) is 5.86. The van der Waals surface area contributed by atoms with Gasteiger partial charge in [0, 0.05) is 25.7 Å². The van der Waals surface area contributed by atoms with E-state index in [0.717, 1.165) is 36.0 Å². The fourth-order valence-electron chi connectivity index (χ4n) is 2.07. The zero-order valence-corrected chi connectivity index (χ0v) is 16.3. The molecule has 1 rings (SSSR count). The zero-order chi connectivity index (χ0) is 15.5. The molecule has 0 aliphatic carbocycles. The van der Waals surface area contributed by atoms with E-state index in [1.165, 1.54) is 12.8 Å². The van der Waals surface area contributed by atoms with Gasteiger partial charge in [-0.05, 0) is 12.5 Å². The summed E-state index contributed by atoms with van der Waals surface area (Å²) in [7, 11) is 5.07. The molecule has 0 radical (unpaired) electrons. The third kappa shape index (κ3) is 6.72. The van der Waals surface area contributed by atoms with Crippen LogP contribution in [-0.4, -0.2) is 33.8 Å². The van der Waals surface area contributed by atoms with Crippen LogP contribution in [0.4, 0.5) is 0 Å². The van der Waals surface area contributed by atoms with Gasteiger partial charge < -0.3 is 20.1 Å². The molecular weight excluding hydrogens is 393 g/mol. The number of unbranched alkanes of at least 4 members (excludes halogenated alkanes) is 2. The molecule has 0 bridgehead atoms. The zero-order valence-electron chi connectivity index (χ0n) is 13.9. The van der Waals surface area contributed by atoms with Gasteiger partial charge in [0.25, 0.3) is 0 Å². The highest BCUT2D eigenvalue weighted by atomic mass is 127. The minimum Gasteiger partial charge on any atom is -0.493 e. The molecular formula is C16H28IN3O2. The summed E-state index contributed by atoms with van der Waals surface area (Å²) >= 11 is 0. The summed E-state index contributed by atoms with van der Waals surface area (Å²) in [6.45, 7) is 3.76. The lowest BCUT2D eigenvalue weighted by Gasteiger charge is -2.15. The molecule has 0 aliphatic rings. The summed E-state index contributed by atoms with van der Waals surface area (Å²) in [5.74, 6) is 2.30. The number of aliphatic imine (C=N–C) groups is 1. The Balaban J connectivity index is 0.00000441. The van der Waals surface area contributed by atoms with E-state index in [0.29, 0.717) is 6.54 Å². The van der Waals surface area contributed by atoms with Crippen molar-refractivity contribution in [3.63, 3.8) is 0 Å². The van der Waals surface area contributed by atoms with Crippen LogP contribution < -0.4 is 20.1 Å². The molecule has 22 heavy (non-hydrogen) atoms. The van der Waals surface area contributed by atoms with Crippen molar-refractivity contribution in [3.8, 4) is 11.5 Å². The van der Waals surface area contributed by atoms with E-state index >= 15 is 0 Å². The predicted molar refractivity (Wildman–Crippen MR) is 103 cm³/mol. The second-order valence-corrected chi connectivity index (χ2v) is 4.71. The normalized spacial score (nSPS) is 10.6. The molecule has 0 aliphatic heterocycles. The standard InChI is InChI=1S/C16H27N3O2.HI/c1-5-6-7-11-18-16(17-2)19-12-13-9-8-10-14(20-3)15(13)21-4;/h8-10H,5-7,11-12H2,1-4H3,(H2,17,18,19);1H. The quantitative estimate of drug-likeness (QED) is 0.293. The van der Waals surface area contributed by atoms with Crippen LogP contribution in [0, 0.1) is 0 Å². The third-order valence-corrected chi connectivity index (χ3v) is 3.23. The monoisotopic (exact) mass is 421 g/mol. The van der Waals surface area contributed by atoms with Crippen LogP contribution in [0.3, 0.4) is 0 Å². The Hall–Kier alpha value is -1.18. The highest BCUT2D eigenvalue weighted by Gasteiger charge is 2.09. The van der Waals surface area contributed by atoms with Gasteiger partial charge in [-0.3, -0.25) is 4.99 Å². The number of para-hydroxylation sites is 1. The molecule has 1 aromatic carbocycles. The first kappa shape index (κ1) is 20.8. The molecule has 0 heterocycles. The Morgan fingerprint density at radius 1 is 1.14 bits per heavy atom. The highest BCUT2D eigenvalue weighted by Crippen LogP contribution is 2.30. The summed E-state index contributed by atoms with van der Waals surface area (Å²) in [5, 5.41) is 6.60. The summed E-state index contributed by atoms with van der Waals surface area (Å²) < 4.78 is 10.7. The topological polar surface area (TPSA) is 54.9 Å². The Morgan fingerprint density at radius 2 is 1.91 bits per heavy atom. The average Bonchev–Trinajstić information content (AvgIpc) is 2.53. The van der Waals surface area contributed by atoms with Crippen LogP contribution in [0.1, 0.15) is 31.7 Å². The molecule has 0 amide bonds. The van der Waals surface area contributed by atoms with Crippen molar-refractivity contribution >= 4 is 29.9 Å². The second kappa shape index (κ2) is 12.4. The Bertz CT molecular complexity index is 453. The second-order valence-electron chi connectivity index (χ2n) is 4.71. The molecule has 0 fully saturated rings. The minimum absolute atomic E-state index is 0. The first-order valence-corrected chi connectivity index (χ1v) is 7.41. The van der Waals surface area contributed by atoms with Crippen LogP contribution in [0.15, 0.2) is 23.2 Å². The van der Waals surface area contributed by atoms with Gasteiger partial charge in [-0.1, -0.05) is 31.9 Å². The lowest BCUT2D eigenvalue weighted by atomic mass is 10.2. The lowest BCUT2D eigenvalue weighted by Crippen LogP contribution is -2.37. The van der Waals surface area contributed by atoms with E-state index in [2.05, 4.69) is 22.5 Å². The number of ether oxygens (including phenoxy) is 2. The molecule has 0 spiro atoms. The number of hydrogen-bond donors (Lipinski definition) is 2. The van der Waals surface area contributed by atoms with Gasteiger partial charge in [0.05, 0.1) is 14.2 Å². The number of nitrogens with one attached hydrogen (secondary N) is 2. The number of hydrogen-bond acceptors (Lipinski definition) is 3. The molecule has 0 atom stereocenters. The number of halogens is 1. The van der Waals surface area contributed by atoms with Gasteiger partial charge in [0.1, 0.15) is 0 Å². The van der Waals surface area contributed by atoms with Gasteiger partial charge in [-0.2, -0.15) is 0 Å². The summed E-state index contributed by atoms with van der Waals surface area (Å²) in [5.41, 5.74) is 1.04. The van der Waals surface area contributed by atoms with Crippen LogP contribution in [-0.2, 0) is 6.54 Å². The number of methoxy groups -OCH3 is 2. The molecule has 1 aromatic rings. The van der Waals surface area contributed by atoms with Crippen molar-refractivity contribution in [2.24, 2.45) is 4.99 Å². The first-order chi connectivity index (χ1) is 10.3. The van der Waals surface area contributed by atoms with E-state index in [-0.39, 0.29) is 24.0 Å². The molecule has 5 nitrogen and oxygen atoms in total. The Morgan fingerprint density at radius 3 is 2.50 bits per heavy atom. The van der Waals surface area contributed by atoms with Crippen molar-refractivity contribution in [1.82, 2.24) is 10.6 Å². The van der Waals surface area contributed by atoms with Crippen molar-refractivity contribution in [2.75, 3.05) is 27.8 Å². The lowest BCUT2D eigenvalue weighted by molar-refractivity contribution is 0.351. The summed E-state index contributed by atoms with van der Waals surface area (Å²) in [4.78, 5) is 4.22. The van der Waals surface area contributed by atoms with Crippen LogP contribution in [0.2, 0.25) is 0 Å². The number of benzene rings is 1. The van der Waals surface area contributed by atoms with E-state index < -0.39 is 0 Å².